The van der Waals surface area contributed by atoms with Crippen molar-refractivity contribution in [3.8, 4) is 5.75 Å². The Bertz CT molecular complexity index is 600. The fourth-order valence-corrected chi connectivity index (χ4v) is 2.86. The summed E-state index contributed by atoms with van der Waals surface area (Å²) in [5, 5.41) is 0. The minimum absolute atomic E-state index is 0.103. The summed E-state index contributed by atoms with van der Waals surface area (Å²) in [5.41, 5.74) is 2.47. The third-order valence-corrected chi connectivity index (χ3v) is 4.21. The van der Waals surface area contributed by atoms with E-state index in [1.165, 1.54) is 11.1 Å². The minimum Gasteiger partial charge on any atom is -0.497 e. The van der Waals surface area contributed by atoms with E-state index in [-0.39, 0.29) is 6.10 Å². The van der Waals surface area contributed by atoms with Crippen LogP contribution in [-0.4, -0.2) is 44.4 Å². The smallest absolute Gasteiger partial charge is 0.118 e. The Morgan fingerprint density at radius 1 is 1.04 bits per heavy atom. The van der Waals surface area contributed by atoms with Gasteiger partial charge in [-0.05, 0) is 23.3 Å². The molecule has 0 amide bonds. The Hall–Kier alpha value is -1.88. The van der Waals surface area contributed by atoms with Crippen LogP contribution in [0.25, 0.3) is 0 Å². The highest BCUT2D eigenvalue weighted by Crippen LogP contribution is 2.15. The zero-order valence-electron chi connectivity index (χ0n) is 14.2. The maximum absolute atomic E-state index is 6.07. The molecule has 0 spiro atoms. The molecule has 0 unspecified atom stereocenters. The number of hydrogen-bond donors (Lipinski definition) is 0. The van der Waals surface area contributed by atoms with Gasteiger partial charge in [0.15, 0.2) is 0 Å². The zero-order valence-corrected chi connectivity index (χ0v) is 14.2. The predicted octanol–water partition coefficient (Wildman–Crippen LogP) is 3.11. The number of nitrogens with zero attached hydrogens (tertiary/aromatic N) is 1. The van der Waals surface area contributed by atoms with E-state index in [9.17, 15) is 0 Å². The molecule has 2 aromatic rings. The molecule has 1 aliphatic rings. The van der Waals surface area contributed by atoms with E-state index in [2.05, 4.69) is 29.2 Å². The van der Waals surface area contributed by atoms with Crippen molar-refractivity contribution in [2.45, 2.75) is 19.3 Å². The second kappa shape index (κ2) is 8.83. The van der Waals surface area contributed by atoms with Gasteiger partial charge in [0.25, 0.3) is 0 Å². The van der Waals surface area contributed by atoms with Crippen LogP contribution in [0, 0.1) is 0 Å². The van der Waals surface area contributed by atoms with Crippen LogP contribution in [0.15, 0.2) is 54.6 Å². The Morgan fingerprint density at radius 3 is 2.58 bits per heavy atom. The Balaban J connectivity index is 1.53. The second-order valence-corrected chi connectivity index (χ2v) is 6.08. The Morgan fingerprint density at radius 2 is 1.83 bits per heavy atom. The highest BCUT2D eigenvalue weighted by Gasteiger charge is 2.19. The van der Waals surface area contributed by atoms with Crippen molar-refractivity contribution in [1.82, 2.24) is 4.90 Å². The quantitative estimate of drug-likeness (QED) is 0.816. The first-order chi connectivity index (χ1) is 11.8. The molecule has 4 heteroatoms. The lowest BCUT2D eigenvalue weighted by Gasteiger charge is -2.23. The standard InChI is InChI=1S/C20H25NO3/c1-22-19-9-7-17(8-10-19)13-21-11-12-23-16-20(14-21)24-15-18-5-3-2-4-6-18/h2-10,20H,11-16H2,1H3/t20-/m1/s1. The largest absolute Gasteiger partial charge is 0.497 e. The molecule has 1 atom stereocenters. The normalized spacial score (nSPS) is 19.0. The summed E-state index contributed by atoms with van der Waals surface area (Å²) in [7, 11) is 1.69. The van der Waals surface area contributed by atoms with Gasteiger partial charge in [0, 0.05) is 19.6 Å². The van der Waals surface area contributed by atoms with Crippen molar-refractivity contribution >= 4 is 0 Å². The first-order valence-electron chi connectivity index (χ1n) is 8.42. The highest BCUT2D eigenvalue weighted by atomic mass is 16.5. The first kappa shape index (κ1) is 17.0. The average Bonchev–Trinajstić information content (AvgIpc) is 2.86. The molecule has 0 N–H and O–H groups in total. The summed E-state index contributed by atoms with van der Waals surface area (Å²) in [4.78, 5) is 2.39. The molecule has 0 aromatic heterocycles. The van der Waals surface area contributed by atoms with Gasteiger partial charge in [-0.1, -0.05) is 42.5 Å². The maximum atomic E-state index is 6.07. The van der Waals surface area contributed by atoms with Crippen molar-refractivity contribution in [2.75, 3.05) is 33.4 Å². The van der Waals surface area contributed by atoms with E-state index in [1.54, 1.807) is 7.11 Å². The lowest BCUT2D eigenvalue weighted by atomic mass is 10.2. The van der Waals surface area contributed by atoms with Gasteiger partial charge in [0.2, 0.25) is 0 Å². The lowest BCUT2D eigenvalue weighted by Crippen LogP contribution is -2.33. The van der Waals surface area contributed by atoms with Gasteiger partial charge in [0.05, 0.1) is 33.0 Å². The van der Waals surface area contributed by atoms with Gasteiger partial charge in [-0.2, -0.15) is 0 Å². The molecule has 0 aliphatic carbocycles. The first-order valence-corrected chi connectivity index (χ1v) is 8.42. The Kier molecular flexibility index (Phi) is 6.24. The molecule has 0 radical (unpaired) electrons. The second-order valence-electron chi connectivity index (χ2n) is 6.08. The third kappa shape index (κ3) is 5.06. The van der Waals surface area contributed by atoms with E-state index in [0.717, 1.165) is 32.0 Å². The van der Waals surface area contributed by atoms with Crippen LogP contribution in [-0.2, 0) is 22.6 Å². The van der Waals surface area contributed by atoms with E-state index in [4.69, 9.17) is 14.2 Å². The molecule has 24 heavy (non-hydrogen) atoms. The molecule has 4 nitrogen and oxygen atoms in total. The molecule has 3 rings (SSSR count). The average molecular weight is 327 g/mol. The van der Waals surface area contributed by atoms with Crippen molar-refractivity contribution in [1.29, 1.82) is 0 Å². The number of rotatable bonds is 6. The number of ether oxygens (including phenoxy) is 3. The van der Waals surface area contributed by atoms with Crippen molar-refractivity contribution in [3.05, 3.63) is 65.7 Å². The van der Waals surface area contributed by atoms with Crippen LogP contribution in [0.2, 0.25) is 0 Å². The topological polar surface area (TPSA) is 30.9 Å². The van der Waals surface area contributed by atoms with Crippen LogP contribution >= 0.6 is 0 Å². The van der Waals surface area contributed by atoms with E-state index in [1.807, 2.05) is 30.3 Å². The monoisotopic (exact) mass is 327 g/mol. The number of benzene rings is 2. The van der Waals surface area contributed by atoms with Gasteiger partial charge in [-0.25, -0.2) is 0 Å². The minimum atomic E-state index is 0.103. The fraction of sp³-hybridized carbons (Fsp3) is 0.400. The summed E-state index contributed by atoms with van der Waals surface area (Å²) in [5.74, 6) is 0.891. The maximum Gasteiger partial charge on any atom is 0.118 e. The summed E-state index contributed by atoms with van der Waals surface area (Å²) in [6.07, 6.45) is 0.103. The van der Waals surface area contributed by atoms with E-state index < -0.39 is 0 Å². The van der Waals surface area contributed by atoms with Crippen molar-refractivity contribution < 1.29 is 14.2 Å². The van der Waals surface area contributed by atoms with E-state index >= 15 is 0 Å². The molecule has 1 saturated heterocycles. The SMILES string of the molecule is COc1ccc(CN2CCOC[C@H](OCc3ccccc3)C2)cc1. The van der Waals surface area contributed by atoms with Crippen LogP contribution in [0.1, 0.15) is 11.1 Å². The molecule has 0 bridgehead atoms. The van der Waals surface area contributed by atoms with E-state index in [0.29, 0.717) is 13.2 Å². The Labute approximate surface area is 144 Å². The van der Waals surface area contributed by atoms with Crippen LogP contribution in [0.5, 0.6) is 5.75 Å². The van der Waals surface area contributed by atoms with Crippen LogP contribution in [0.4, 0.5) is 0 Å². The molecule has 1 heterocycles. The molecule has 1 aliphatic heterocycles. The predicted molar refractivity (Wildman–Crippen MR) is 94.1 cm³/mol. The third-order valence-electron chi connectivity index (χ3n) is 4.21. The van der Waals surface area contributed by atoms with Crippen molar-refractivity contribution in [3.63, 3.8) is 0 Å². The summed E-state index contributed by atoms with van der Waals surface area (Å²) >= 11 is 0. The van der Waals surface area contributed by atoms with Crippen LogP contribution < -0.4 is 4.74 Å². The van der Waals surface area contributed by atoms with Gasteiger partial charge < -0.3 is 14.2 Å². The molecular formula is C20H25NO3. The summed E-state index contributed by atoms with van der Waals surface area (Å²) in [6.45, 7) is 4.76. The van der Waals surface area contributed by atoms with Gasteiger partial charge in [-0.3, -0.25) is 4.90 Å². The molecule has 0 saturated carbocycles. The lowest BCUT2D eigenvalue weighted by molar-refractivity contribution is -0.0155. The van der Waals surface area contributed by atoms with Gasteiger partial charge in [0.1, 0.15) is 5.75 Å². The number of methoxy groups -OCH3 is 1. The highest BCUT2D eigenvalue weighted by molar-refractivity contribution is 5.27. The molecule has 128 valence electrons. The molecular weight excluding hydrogens is 302 g/mol. The van der Waals surface area contributed by atoms with Gasteiger partial charge >= 0.3 is 0 Å². The van der Waals surface area contributed by atoms with Crippen molar-refractivity contribution in [2.24, 2.45) is 0 Å². The van der Waals surface area contributed by atoms with Crippen LogP contribution in [0.3, 0.4) is 0 Å². The molecule has 2 aromatic carbocycles. The summed E-state index contributed by atoms with van der Waals surface area (Å²) < 4.78 is 17.0. The zero-order chi connectivity index (χ0) is 16.6. The summed E-state index contributed by atoms with van der Waals surface area (Å²) in [6, 6.07) is 18.5. The fourth-order valence-electron chi connectivity index (χ4n) is 2.86. The molecule has 1 fully saturated rings. The van der Waals surface area contributed by atoms with Gasteiger partial charge in [-0.15, -0.1) is 0 Å². The number of hydrogen-bond acceptors (Lipinski definition) is 4.